The minimum absolute atomic E-state index is 0.249. The summed E-state index contributed by atoms with van der Waals surface area (Å²) < 4.78 is 26.3. The Morgan fingerprint density at radius 2 is 1.84 bits per heavy atom. The molecule has 19 heavy (non-hydrogen) atoms. The molecule has 0 saturated heterocycles. The first-order chi connectivity index (χ1) is 9.04. The SMILES string of the molecule is CS(=O)(=O)OCCCSc1ccc2ccccc2c1. The fourth-order valence-electron chi connectivity index (χ4n) is 1.72. The van der Waals surface area contributed by atoms with Crippen molar-refractivity contribution in [1.82, 2.24) is 0 Å². The van der Waals surface area contributed by atoms with E-state index in [1.807, 2.05) is 12.1 Å². The van der Waals surface area contributed by atoms with Crippen molar-refractivity contribution in [1.29, 1.82) is 0 Å². The third kappa shape index (κ3) is 4.86. The molecule has 0 spiro atoms. The summed E-state index contributed by atoms with van der Waals surface area (Å²) in [4.78, 5) is 1.19. The van der Waals surface area contributed by atoms with Gasteiger partial charge >= 0.3 is 0 Å². The van der Waals surface area contributed by atoms with Gasteiger partial charge in [-0.15, -0.1) is 11.8 Å². The maximum Gasteiger partial charge on any atom is 0.264 e. The van der Waals surface area contributed by atoms with Crippen LogP contribution in [0.1, 0.15) is 6.42 Å². The van der Waals surface area contributed by atoms with Crippen molar-refractivity contribution in [2.75, 3.05) is 18.6 Å². The lowest BCUT2D eigenvalue weighted by atomic mass is 10.1. The molecular weight excluding hydrogens is 280 g/mol. The van der Waals surface area contributed by atoms with E-state index in [0.717, 1.165) is 12.0 Å². The van der Waals surface area contributed by atoms with Crippen molar-refractivity contribution in [3.63, 3.8) is 0 Å². The number of benzene rings is 2. The van der Waals surface area contributed by atoms with Gasteiger partial charge in [0.15, 0.2) is 0 Å². The highest BCUT2D eigenvalue weighted by Gasteiger charge is 2.01. The van der Waals surface area contributed by atoms with Crippen LogP contribution in [-0.2, 0) is 14.3 Å². The van der Waals surface area contributed by atoms with Crippen LogP contribution in [-0.4, -0.2) is 27.0 Å². The van der Waals surface area contributed by atoms with Gasteiger partial charge in [0, 0.05) is 10.6 Å². The van der Waals surface area contributed by atoms with Crippen LogP contribution in [0.3, 0.4) is 0 Å². The van der Waals surface area contributed by atoms with Gasteiger partial charge in [-0.2, -0.15) is 8.42 Å². The number of hydrogen-bond donors (Lipinski definition) is 0. The zero-order chi connectivity index (χ0) is 13.7. The van der Waals surface area contributed by atoms with Crippen molar-refractivity contribution in [3.8, 4) is 0 Å². The Hall–Kier alpha value is -1.04. The van der Waals surface area contributed by atoms with E-state index in [0.29, 0.717) is 6.42 Å². The van der Waals surface area contributed by atoms with E-state index in [1.54, 1.807) is 11.8 Å². The Morgan fingerprint density at radius 1 is 1.11 bits per heavy atom. The van der Waals surface area contributed by atoms with Gasteiger partial charge in [-0.1, -0.05) is 30.3 Å². The quantitative estimate of drug-likeness (QED) is 0.466. The summed E-state index contributed by atoms with van der Waals surface area (Å²) in [6.45, 7) is 0.249. The lowest BCUT2D eigenvalue weighted by Crippen LogP contribution is -2.04. The van der Waals surface area contributed by atoms with Gasteiger partial charge in [0.25, 0.3) is 10.1 Å². The second-order valence-corrected chi connectivity index (χ2v) is 7.05. The van der Waals surface area contributed by atoms with E-state index in [2.05, 4.69) is 30.3 Å². The molecule has 5 heteroatoms. The second-order valence-electron chi connectivity index (χ2n) is 4.24. The van der Waals surface area contributed by atoms with E-state index in [4.69, 9.17) is 4.18 Å². The van der Waals surface area contributed by atoms with Gasteiger partial charge < -0.3 is 0 Å². The van der Waals surface area contributed by atoms with Gasteiger partial charge in [0.05, 0.1) is 12.9 Å². The highest BCUT2D eigenvalue weighted by Crippen LogP contribution is 2.24. The monoisotopic (exact) mass is 296 g/mol. The van der Waals surface area contributed by atoms with E-state index >= 15 is 0 Å². The summed E-state index contributed by atoms with van der Waals surface area (Å²) in [5, 5.41) is 2.45. The topological polar surface area (TPSA) is 43.4 Å². The Morgan fingerprint density at radius 3 is 2.58 bits per heavy atom. The van der Waals surface area contributed by atoms with Gasteiger partial charge in [-0.05, 0) is 29.3 Å². The van der Waals surface area contributed by atoms with Crippen molar-refractivity contribution >= 4 is 32.7 Å². The Balaban J connectivity index is 1.85. The molecule has 2 aromatic carbocycles. The normalized spacial score (nSPS) is 11.8. The Kier molecular flexibility index (Phi) is 4.85. The largest absolute Gasteiger partial charge is 0.270 e. The molecule has 0 heterocycles. The lowest BCUT2D eigenvalue weighted by molar-refractivity contribution is 0.323. The molecule has 0 saturated carbocycles. The predicted octanol–water partition coefficient (Wildman–Crippen LogP) is 3.30. The molecule has 0 bridgehead atoms. The number of hydrogen-bond acceptors (Lipinski definition) is 4. The first-order valence-electron chi connectivity index (χ1n) is 6.01. The van der Waals surface area contributed by atoms with Crippen LogP contribution in [0, 0.1) is 0 Å². The van der Waals surface area contributed by atoms with E-state index < -0.39 is 10.1 Å². The summed E-state index contributed by atoms with van der Waals surface area (Å²) >= 11 is 1.71. The summed E-state index contributed by atoms with van der Waals surface area (Å²) in [6.07, 6.45) is 1.79. The van der Waals surface area contributed by atoms with Crippen molar-refractivity contribution in [3.05, 3.63) is 42.5 Å². The fraction of sp³-hybridized carbons (Fsp3) is 0.286. The summed E-state index contributed by atoms with van der Waals surface area (Å²) in [6, 6.07) is 14.6. The maximum atomic E-state index is 10.8. The van der Waals surface area contributed by atoms with Crippen molar-refractivity contribution < 1.29 is 12.6 Å². The highest BCUT2D eigenvalue weighted by molar-refractivity contribution is 7.99. The van der Waals surface area contributed by atoms with Crippen LogP contribution < -0.4 is 0 Å². The van der Waals surface area contributed by atoms with Gasteiger partial charge in [-0.25, -0.2) is 0 Å². The molecule has 0 atom stereocenters. The Bertz CT molecular complexity index is 651. The molecule has 0 radical (unpaired) electrons. The van der Waals surface area contributed by atoms with Crippen LogP contribution in [0.5, 0.6) is 0 Å². The molecule has 0 amide bonds. The van der Waals surface area contributed by atoms with E-state index in [9.17, 15) is 8.42 Å². The standard InChI is InChI=1S/C14H16O3S2/c1-19(15,16)17-9-4-10-18-14-8-7-12-5-2-3-6-13(12)11-14/h2-3,5-8,11H,4,9-10H2,1H3. The van der Waals surface area contributed by atoms with Gasteiger partial charge in [0.2, 0.25) is 0 Å². The van der Waals surface area contributed by atoms with Crippen LogP contribution in [0.4, 0.5) is 0 Å². The summed E-state index contributed by atoms with van der Waals surface area (Å²) in [7, 11) is -3.31. The molecule has 2 aromatic rings. The first kappa shape index (κ1) is 14.4. The molecule has 0 aliphatic heterocycles. The molecule has 2 rings (SSSR count). The lowest BCUT2D eigenvalue weighted by Gasteiger charge is -2.04. The average molecular weight is 296 g/mol. The van der Waals surface area contributed by atoms with Crippen molar-refractivity contribution in [2.45, 2.75) is 11.3 Å². The number of fused-ring (bicyclic) bond motifs is 1. The Labute approximate surface area is 118 Å². The van der Waals surface area contributed by atoms with Gasteiger partial charge in [-0.3, -0.25) is 4.18 Å². The molecule has 0 fully saturated rings. The maximum absolute atomic E-state index is 10.8. The highest BCUT2D eigenvalue weighted by atomic mass is 32.2. The molecule has 0 aliphatic carbocycles. The molecule has 0 aromatic heterocycles. The zero-order valence-corrected chi connectivity index (χ0v) is 12.3. The molecule has 0 aliphatic rings. The zero-order valence-electron chi connectivity index (χ0n) is 10.7. The minimum Gasteiger partial charge on any atom is -0.270 e. The van der Waals surface area contributed by atoms with Gasteiger partial charge in [0.1, 0.15) is 0 Å². The third-order valence-corrected chi connectivity index (χ3v) is 4.25. The fourth-order valence-corrected chi connectivity index (χ4v) is 3.01. The van der Waals surface area contributed by atoms with Crippen LogP contribution in [0.2, 0.25) is 0 Å². The predicted molar refractivity (Wildman–Crippen MR) is 80.1 cm³/mol. The molecule has 102 valence electrons. The summed E-state index contributed by atoms with van der Waals surface area (Å²) in [5.41, 5.74) is 0. The summed E-state index contributed by atoms with van der Waals surface area (Å²) in [5.74, 6) is 0.841. The first-order valence-corrected chi connectivity index (χ1v) is 8.81. The molecule has 0 unspecified atom stereocenters. The third-order valence-electron chi connectivity index (χ3n) is 2.58. The number of rotatable bonds is 6. The van der Waals surface area contributed by atoms with E-state index in [1.165, 1.54) is 15.7 Å². The van der Waals surface area contributed by atoms with E-state index in [-0.39, 0.29) is 6.61 Å². The second kappa shape index (κ2) is 6.41. The number of thioether (sulfide) groups is 1. The average Bonchev–Trinajstić information content (AvgIpc) is 2.37. The molecule has 3 nitrogen and oxygen atoms in total. The smallest absolute Gasteiger partial charge is 0.264 e. The van der Waals surface area contributed by atoms with Crippen LogP contribution >= 0.6 is 11.8 Å². The minimum atomic E-state index is -3.31. The van der Waals surface area contributed by atoms with Crippen molar-refractivity contribution in [2.24, 2.45) is 0 Å². The molecular formula is C14H16O3S2. The molecule has 0 N–H and O–H groups in total. The van der Waals surface area contributed by atoms with Crippen LogP contribution in [0.25, 0.3) is 10.8 Å². The van der Waals surface area contributed by atoms with Crippen LogP contribution in [0.15, 0.2) is 47.4 Å².